The summed E-state index contributed by atoms with van der Waals surface area (Å²) in [5.74, 6) is -0.0460. The molecule has 0 saturated heterocycles. The average molecular weight is 345 g/mol. The zero-order chi connectivity index (χ0) is 17.9. The second-order valence-electron chi connectivity index (χ2n) is 5.42. The maximum atomic E-state index is 12.5. The molecule has 2 aromatic heterocycles. The predicted octanol–water partition coefficient (Wildman–Crippen LogP) is 2.05. The van der Waals surface area contributed by atoms with E-state index in [1.807, 2.05) is 0 Å². The Kier molecular flexibility index (Phi) is 5.33. The molecule has 24 heavy (non-hydrogen) atoms. The van der Waals surface area contributed by atoms with Crippen molar-refractivity contribution >= 4 is 5.91 Å². The number of carbonyl (C=O) groups is 1. The highest BCUT2D eigenvalue weighted by atomic mass is 19.4. The van der Waals surface area contributed by atoms with Gasteiger partial charge in [0.05, 0.1) is 25.0 Å². The zero-order valence-electron chi connectivity index (χ0n) is 13.2. The summed E-state index contributed by atoms with van der Waals surface area (Å²) < 4.78 is 43.5. The van der Waals surface area contributed by atoms with Gasteiger partial charge >= 0.3 is 6.18 Å². The Morgan fingerprint density at radius 1 is 1.46 bits per heavy atom. The summed E-state index contributed by atoms with van der Waals surface area (Å²) in [6.45, 7) is 1.49. The normalized spacial score (nSPS) is 13.1. The van der Waals surface area contributed by atoms with E-state index < -0.39 is 24.7 Å². The van der Waals surface area contributed by atoms with Gasteiger partial charge in [-0.05, 0) is 26.0 Å². The van der Waals surface area contributed by atoms with E-state index in [9.17, 15) is 23.1 Å². The SMILES string of the molecule is Cc1nn(CC(F)(F)F)c(C)c1CC(=O)NC(CO)c1ccco1. The molecule has 6 nitrogen and oxygen atoms in total. The molecule has 2 N–H and O–H groups in total. The van der Waals surface area contributed by atoms with E-state index in [-0.39, 0.29) is 13.0 Å². The Labute approximate surface area is 136 Å². The van der Waals surface area contributed by atoms with Gasteiger partial charge in [-0.2, -0.15) is 18.3 Å². The largest absolute Gasteiger partial charge is 0.467 e. The second-order valence-corrected chi connectivity index (χ2v) is 5.42. The first kappa shape index (κ1) is 18.1. The number of aliphatic hydroxyl groups is 1. The van der Waals surface area contributed by atoms with Gasteiger partial charge in [-0.25, -0.2) is 0 Å². The van der Waals surface area contributed by atoms with Gasteiger partial charge in [0.2, 0.25) is 5.91 Å². The van der Waals surface area contributed by atoms with E-state index in [2.05, 4.69) is 10.4 Å². The van der Waals surface area contributed by atoms with Crippen molar-refractivity contribution in [3.05, 3.63) is 41.1 Å². The molecule has 0 aliphatic carbocycles. The van der Waals surface area contributed by atoms with Gasteiger partial charge in [0.1, 0.15) is 18.3 Å². The Bertz CT molecular complexity index is 693. The van der Waals surface area contributed by atoms with E-state index in [1.54, 1.807) is 19.1 Å². The molecule has 2 aromatic rings. The summed E-state index contributed by atoms with van der Waals surface area (Å²) in [7, 11) is 0. The number of nitrogens with zero attached hydrogens (tertiary/aromatic N) is 2. The Morgan fingerprint density at radius 2 is 2.17 bits per heavy atom. The lowest BCUT2D eigenvalue weighted by Gasteiger charge is -2.14. The van der Waals surface area contributed by atoms with Crippen LogP contribution < -0.4 is 5.32 Å². The lowest BCUT2D eigenvalue weighted by Crippen LogP contribution is -2.32. The number of carbonyl (C=O) groups excluding carboxylic acids is 1. The Balaban J connectivity index is 2.09. The molecule has 1 atom stereocenters. The number of aryl methyl sites for hydroxylation is 1. The second kappa shape index (κ2) is 7.08. The molecular weight excluding hydrogens is 327 g/mol. The van der Waals surface area contributed by atoms with Crippen LogP contribution in [-0.4, -0.2) is 33.6 Å². The van der Waals surface area contributed by atoms with Gasteiger partial charge in [0, 0.05) is 11.3 Å². The van der Waals surface area contributed by atoms with Gasteiger partial charge < -0.3 is 14.8 Å². The van der Waals surface area contributed by atoms with E-state index in [0.717, 1.165) is 4.68 Å². The van der Waals surface area contributed by atoms with Crippen molar-refractivity contribution in [3.8, 4) is 0 Å². The minimum absolute atomic E-state index is 0.132. The van der Waals surface area contributed by atoms with Crippen molar-refractivity contribution in [1.29, 1.82) is 0 Å². The first-order chi connectivity index (χ1) is 11.2. The molecule has 9 heteroatoms. The van der Waals surface area contributed by atoms with Crippen LogP contribution in [0.2, 0.25) is 0 Å². The summed E-state index contributed by atoms with van der Waals surface area (Å²) in [5, 5.41) is 15.8. The van der Waals surface area contributed by atoms with Gasteiger partial charge in [-0.1, -0.05) is 0 Å². The minimum atomic E-state index is -4.38. The third-order valence-corrected chi connectivity index (χ3v) is 3.60. The Morgan fingerprint density at radius 3 is 2.71 bits per heavy atom. The first-order valence-electron chi connectivity index (χ1n) is 7.24. The van der Waals surface area contributed by atoms with Crippen molar-refractivity contribution in [1.82, 2.24) is 15.1 Å². The van der Waals surface area contributed by atoms with Crippen molar-refractivity contribution in [2.24, 2.45) is 0 Å². The lowest BCUT2D eigenvalue weighted by molar-refractivity contribution is -0.143. The standard InChI is InChI=1S/C15H18F3N3O3/c1-9-11(10(2)21(20-9)8-15(16,17)18)6-14(23)19-12(7-22)13-4-3-5-24-13/h3-5,12,22H,6-8H2,1-2H3,(H,19,23). The van der Waals surface area contributed by atoms with Gasteiger partial charge in [-0.3, -0.25) is 9.48 Å². The molecule has 0 bridgehead atoms. The number of aromatic nitrogens is 2. The van der Waals surface area contributed by atoms with Crippen molar-refractivity contribution < 1.29 is 27.5 Å². The number of rotatable bonds is 6. The van der Waals surface area contributed by atoms with Gasteiger partial charge in [-0.15, -0.1) is 0 Å². The van der Waals surface area contributed by atoms with Crippen LogP contribution in [0.4, 0.5) is 13.2 Å². The molecule has 2 rings (SSSR count). The number of aliphatic hydroxyl groups excluding tert-OH is 1. The van der Waals surface area contributed by atoms with Gasteiger partial charge in [0.25, 0.3) is 0 Å². The van der Waals surface area contributed by atoms with E-state index in [1.165, 1.54) is 13.2 Å². The number of halogens is 3. The quantitative estimate of drug-likeness (QED) is 0.840. The van der Waals surface area contributed by atoms with Crippen LogP contribution in [0.5, 0.6) is 0 Å². The van der Waals surface area contributed by atoms with Crippen molar-refractivity contribution in [2.75, 3.05) is 6.61 Å². The van der Waals surface area contributed by atoms with Crippen LogP contribution in [0.15, 0.2) is 22.8 Å². The molecule has 1 unspecified atom stereocenters. The summed E-state index contributed by atoms with van der Waals surface area (Å²) in [4.78, 5) is 12.2. The molecule has 0 aliphatic heterocycles. The molecule has 1 amide bonds. The third kappa shape index (κ3) is 4.38. The van der Waals surface area contributed by atoms with E-state index >= 15 is 0 Å². The molecular formula is C15H18F3N3O3. The highest BCUT2D eigenvalue weighted by Gasteiger charge is 2.30. The smallest absolute Gasteiger partial charge is 0.408 e. The lowest BCUT2D eigenvalue weighted by atomic mass is 10.1. The number of alkyl halides is 3. The van der Waals surface area contributed by atoms with Crippen LogP contribution in [0, 0.1) is 13.8 Å². The number of amides is 1. The molecule has 0 radical (unpaired) electrons. The molecule has 0 aliphatic rings. The first-order valence-corrected chi connectivity index (χ1v) is 7.24. The highest BCUT2D eigenvalue weighted by molar-refractivity contribution is 5.79. The minimum Gasteiger partial charge on any atom is -0.467 e. The van der Waals surface area contributed by atoms with Crippen molar-refractivity contribution in [2.45, 2.75) is 39.0 Å². The molecule has 0 aromatic carbocycles. The third-order valence-electron chi connectivity index (χ3n) is 3.60. The van der Waals surface area contributed by atoms with Crippen LogP contribution in [0.25, 0.3) is 0 Å². The molecule has 0 spiro atoms. The summed E-state index contributed by atoms with van der Waals surface area (Å²) in [6, 6.07) is 2.52. The Hall–Kier alpha value is -2.29. The number of furan rings is 1. The molecule has 0 fully saturated rings. The predicted molar refractivity (Wildman–Crippen MR) is 78.1 cm³/mol. The summed E-state index contributed by atoms with van der Waals surface area (Å²) in [5.41, 5.74) is 1.09. The van der Waals surface area contributed by atoms with Crippen LogP contribution >= 0.6 is 0 Å². The maximum Gasteiger partial charge on any atom is 0.408 e. The fraction of sp³-hybridized carbons (Fsp3) is 0.467. The fourth-order valence-corrected chi connectivity index (χ4v) is 2.42. The summed E-state index contributed by atoms with van der Waals surface area (Å²) in [6.07, 6.45) is -3.10. The van der Waals surface area contributed by atoms with E-state index in [4.69, 9.17) is 4.42 Å². The average Bonchev–Trinajstić information content (AvgIpc) is 3.08. The van der Waals surface area contributed by atoms with Crippen LogP contribution in [0.1, 0.15) is 28.8 Å². The fourth-order valence-electron chi connectivity index (χ4n) is 2.42. The van der Waals surface area contributed by atoms with E-state index in [0.29, 0.717) is 22.7 Å². The highest BCUT2D eigenvalue weighted by Crippen LogP contribution is 2.21. The number of hydrogen-bond acceptors (Lipinski definition) is 4. The molecule has 2 heterocycles. The summed E-state index contributed by atoms with van der Waals surface area (Å²) >= 11 is 0. The zero-order valence-corrected chi connectivity index (χ0v) is 13.2. The van der Waals surface area contributed by atoms with Crippen LogP contribution in [0.3, 0.4) is 0 Å². The number of hydrogen-bond donors (Lipinski definition) is 2. The monoisotopic (exact) mass is 345 g/mol. The van der Waals surface area contributed by atoms with Crippen molar-refractivity contribution in [3.63, 3.8) is 0 Å². The van der Waals surface area contributed by atoms with Gasteiger partial charge in [0.15, 0.2) is 0 Å². The maximum absolute atomic E-state index is 12.5. The number of nitrogens with one attached hydrogen (secondary N) is 1. The topological polar surface area (TPSA) is 80.3 Å². The molecule has 0 saturated carbocycles. The molecule has 132 valence electrons. The van der Waals surface area contributed by atoms with Crippen LogP contribution in [-0.2, 0) is 17.8 Å².